The van der Waals surface area contributed by atoms with Crippen LogP contribution in [0.4, 0.5) is 11.4 Å². The summed E-state index contributed by atoms with van der Waals surface area (Å²) in [5.41, 5.74) is 1.01. The van der Waals surface area contributed by atoms with E-state index in [-0.39, 0.29) is 11.5 Å². The van der Waals surface area contributed by atoms with Gasteiger partial charge in [0.25, 0.3) is 0 Å². The predicted octanol–water partition coefficient (Wildman–Crippen LogP) is 2.23. The molecule has 6 heteroatoms. The Morgan fingerprint density at radius 2 is 1.00 bits per heavy atom. The summed E-state index contributed by atoms with van der Waals surface area (Å²) in [6, 6.07) is 11.9. The van der Waals surface area contributed by atoms with Gasteiger partial charge in [-0.15, -0.1) is 0 Å². The monoisotopic (exact) mass is 298 g/mol. The average molecular weight is 298 g/mol. The van der Waals surface area contributed by atoms with E-state index in [0.29, 0.717) is 11.4 Å². The Kier molecular flexibility index (Phi) is 4.77. The molecule has 0 aromatic heterocycles. The van der Waals surface area contributed by atoms with Gasteiger partial charge in [0.2, 0.25) is 11.8 Å². The van der Waals surface area contributed by atoms with Gasteiger partial charge in [-0.3, -0.25) is 9.59 Å². The maximum absolute atomic E-state index is 11.6. The van der Waals surface area contributed by atoms with Crippen molar-refractivity contribution in [1.82, 2.24) is 0 Å². The largest absolute Gasteiger partial charge is 0.508 e. The molecule has 4 N–H and O–H groups in total. The van der Waals surface area contributed by atoms with Crippen molar-refractivity contribution < 1.29 is 19.8 Å². The van der Waals surface area contributed by atoms with E-state index in [0.717, 1.165) is 12.2 Å². The molecule has 0 saturated carbocycles. The number of phenols is 2. The zero-order valence-corrected chi connectivity index (χ0v) is 11.5. The molecule has 2 aromatic carbocycles. The number of amides is 2. The van der Waals surface area contributed by atoms with Crippen molar-refractivity contribution in [1.29, 1.82) is 0 Å². The molecule has 0 fully saturated rings. The highest BCUT2D eigenvalue weighted by molar-refractivity contribution is 6.06. The summed E-state index contributed by atoms with van der Waals surface area (Å²) in [6.07, 6.45) is 2.20. The number of rotatable bonds is 4. The van der Waals surface area contributed by atoms with E-state index in [4.69, 9.17) is 10.2 Å². The van der Waals surface area contributed by atoms with Crippen LogP contribution in [0.5, 0.6) is 11.5 Å². The van der Waals surface area contributed by atoms with Crippen LogP contribution in [0.1, 0.15) is 0 Å². The Labute approximate surface area is 126 Å². The molecule has 0 radical (unpaired) electrons. The number of phenolic OH excluding ortho intramolecular Hbond substituents is 2. The first kappa shape index (κ1) is 15.1. The lowest BCUT2D eigenvalue weighted by molar-refractivity contribution is -0.114. The van der Waals surface area contributed by atoms with E-state index in [9.17, 15) is 9.59 Å². The van der Waals surface area contributed by atoms with E-state index in [1.807, 2.05) is 0 Å². The van der Waals surface area contributed by atoms with Crippen molar-refractivity contribution in [3.05, 3.63) is 60.7 Å². The first-order chi connectivity index (χ1) is 10.5. The standard InChI is InChI=1S/C16H14N2O4/c19-13-5-1-11(2-6-13)17-15(21)9-10-16(22)18-12-3-7-14(20)8-4-12/h1-10,19-20H,(H,17,21)(H,18,22)/b10-9-. The number of carbonyl (C=O) groups is 2. The number of hydrogen-bond acceptors (Lipinski definition) is 4. The highest BCUT2D eigenvalue weighted by Gasteiger charge is 2.01. The molecule has 0 heterocycles. The lowest BCUT2D eigenvalue weighted by atomic mass is 10.3. The quantitative estimate of drug-likeness (QED) is 0.514. The van der Waals surface area contributed by atoms with Gasteiger partial charge in [-0.2, -0.15) is 0 Å². The summed E-state index contributed by atoms with van der Waals surface area (Å²) < 4.78 is 0. The van der Waals surface area contributed by atoms with Crippen molar-refractivity contribution in [2.24, 2.45) is 0 Å². The van der Waals surface area contributed by atoms with Gasteiger partial charge in [0.15, 0.2) is 0 Å². The normalized spacial score (nSPS) is 10.4. The lowest BCUT2D eigenvalue weighted by Crippen LogP contribution is -2.11. The number of hydrogen-bond donors (Lipinski definition) is 4. The molecule has 0 aliphatic carbocycles. The molecule has 2 amide bonds. The number of anilines is 2. The summed E-state index contributed by atoms with van der Waals surface area (Å²) in [7, 11) is 0. The Morgan fingerprint density at radius 1 is 0.682 bits per heavy atom. The molecule has 6 nitrogen and oxygen atoms in total. The van der Waals surface area contributed by atoms with Crippen LogP contribution in [-0.4, -0.2) is 22.0 Å². The zero-order chi connectivity index (χ0) is 15.9. The minimum atomic E-state index is -0.466. The van der Waals surface area contributed by atoms with Gasteiger partial charge in [0.05, 0.1) is 0 Å². The van der Waals surface area contributed by atoms with E-state index < -0.39 is 11.8 Å². The Hall–Kier alpha value is -3.28. The molecule has 0 aliphatic rings. The number of nitrogens with one attached hydrogen (secondary N) is 2. The molecule has 0 aliphatic heterocycles. The molecule has 0 atom stereocenters. The fourth-order valence-electron chi connectivity index (χ4n) is 1.61. The second kappa shape index (κ2) is 6.94. The molecule has 0 bridgehead atoms. The average Bonchev–Trinajstić information content (AvgIpc) is 2.50. The van der Waals surface area contributed by atoms with Crippen molar-refractivity contribution in [3.63, 3.8) is 0 Å². The second-order valence-corrected chi connectivity index (χ2v) is 4.41. The van der Waals surface area contributed by atoms with E-state index in [1.165, 1.54) is 48.5 Å². The summed E-state index contributed by atoms with van der Waals surface area (Å²) in [4.78, 5) is 23.3. The van der Waals surface area contributed by atoms with Crippen LogP contribution >= 0.6 is 0 Å². The Balaban J connectivity index is 1.87. The van der Waals surface area contributed by atoms with Gasteiger partial charge in [-0.25, -0.2) is 0 Å². The van der Waals surface area contributed by atoms with Gasteiger partial charge >= 0.3 is 0 Å². The van der Waals surface area contributed by atoms with Crippen molar-refractivity contribution in [2.45, 2.75) is 0 Å². The molecule has 0 spiro atoms. The molecule has 0 saturated heterocycles. The predicted molar refractivity (Wildman–Crippen MR) is 82.6 cm³/mol. The number of carbonyl (C=O) groups excluding carboxylic acids is 2. The van der Waals surface area contributed by atoms with Gasteiger partial charge < -0.3 is 20.8 Å². The first-order valence-electron chi connectivity index (χ1n) is 6.41. The Morgan fingerprint density at radius 3 is 1.32 bits per heavy atom. The smallest absolute Gasteiger partial charge is 0.248 e. The third-order valence-corrected chi connectivity index (χ3v) is 2.66. The van der Waals surface area contributed by atoms with Gasteiger partial charge in [-0.1, -0.05) is 0 Å². The van der Waals surface area contributed by atoms with Gasteiger partial charge in [0, 0.05) is 23.5 Å². The molecule has 2 rings (SSSR count). The van der Waals surface area contributed by atoms with Gasteiger partial charge in [-0.05, 0) is 48.5 Å². The molecular weight excluding hydrogens is 284 g/mol. The highest BCUT2D eigenvalue weighted by Crippen LogP contribution is 2.14. The fraction of sp³-hybridized carbons (Fsp3) is 0. The summed E-state index contributed by atoms with van der Waals surface area (Å²) in [5, 5.41) is 23.3. The van der Waals surface area contributed by atoms with Crippen LogP contribution in [0.15, 0.2) is 60.7 Å². The molecule has 112 valence electrons. The third-order valence-electron chi connectivity index (χ3n) is 2.66. The maximum atomic E-state index is 11.6. The van der Waals surface area contributed by atoms with Crippen LogP contribution in [0, 0.1) is 0 Å². The van der Waals surface area contributed by atoms with E-state index >= 15 is 0 Å². The SMILES string of the molecule is O=C(/C=C\C(=O)Nc1ccc(O)cc1)Nc1ccc(O)cc1. The Bertz CT molecular complexity index is 630. The minimum absolute atomic E-state index is 0.0989. The second-order valence-electron chi connectivity index (χ2n) is 4.41. The van der Waals surface area contributed by atoms with Crippen LogP contribution in [0.25, 0.3) is 0 Å². The molecule has 0 unspecified atom stereocenters. The zero-order valence-electron chi connectivity index (χ0n) is 11.5. The van der Waals surface area contributed by atoms with Crippen molar-refractivity contribution >= 4 is 23.2 Å². The van der Waals surface area contributed by atoms with Crippen molar-refractivity contribution in [3.8, 4) is 11.5 Å². The van der Waals surface area contributed by atoms with Crippen LogP contribution < -0.4 is 10.6 Å². The maximum Gasteiger partial charge on any atom is 0.248 e. The van der Waals surface area contributed by atoms with Gasteiger partial charge in [0.1, 0.15) is 11.5 Å². The van der Waals surface area contributed by atoms with Crippen molar-refractivity contribution in [2.75, 3.05) is 10.6 Å². The minimum Gasteiger partial charge on any atom is -0.508 e. The highest BCUT2D eigenvalue weighted by atomic mass is 16.3. The van der Waals surface area contributed by atoms with Crippen LogP contribution in [0.2, 0.25) is 0 Å². The lowest BCUT2D eigenvalue weighted by Gasteiger charge is -2.03. The summed E-state index contributed by atoms with van der Waals surface area (Å²) in [5.74, 6) is -0.735. The van der Waals surface area contributed by atoms with Crippen LogP contribution in [-0.2, 0) is 9.59 Å². The summed E-state index contributed by atoms with van der Waals surface area (Å²) in [6.45, 7) is 0. The number of aromatic hydroxyl groups is 2. The van der Waals surface area contributed by atoms with Crippen LogP contribution in [0.3, 0.4) is 0 Å². The van der Waals surface area contributed by atoms with E-state index in [2.05, 4.69) is 10.6 Å². The van der Waals surface area contributed by atoms with E-state index in [1.54, 1.807) is 0 Å². The number of benzene rings is 2. The fourth-order valence-corrected chi connectivity index (χ4v) is 1.61. The summed E-state index contributed by atoms with van der Waals surface area (Å²) >= 11 is 0. The first-order valence-corrected chi connectivity index (χ1v) is 6.41. The topological polar surface area (TPSA) is 98.7 Å². The molecule has 2 aromatic rings. The molecule has 22 heavy (non-hydrogen) atoms. The third kappa shape index (κ3) is 4.68. The molecular formula is C16H14N2O4.